The molecule has 0 aliphatic heterocycles. The summed E-state index contributed by atoms with van der Waals surface area (Å²) in [7, 11) is 0. The fraction of sp³-hybridized carbons (Fsp3) is 0.600. The van der Waals surface area contributed by atoms with Gasteiger partial charge in [0.25, 0.3) is 0 Å². The van der Waals surface area contributed by atoms with Gasteiger partial charge >= 0.3 is 0 Å². The Balaban J connectivity index is 1.77. The second kappa shape index (κ2) is 6.88. The average molecular weight is 248 g/mol. The molecular formula is C15H24N2O. The molecule has 1 aromatic rings. The Bertz CT molecular complexity index is 342. The van der Waals surface area contributed by atoms with Crippen molar-refractivity contribution in [1.82, 2.24) is 5.43 Å². The minimum atomic E-state index is 0.427. The van der Waals surface area contributed by atoms with Crippen LogP contribution in [-0.4, -0.2) is 19.3 Å². The molecule has 3 unspecified atom stereocenters. The Kier molecular flexibility index (Phi) is 5.17. The van der Waals surface area contributed by atoms with Crippen molar-refractivity contribution in [3.63, 3.8) is 0 Å². The predicted molar refractivity (Wildman–Crippen MR) is 74.1 cm³/mol. The molecule has 3 atom stereocenters. The lowest BCUT2D eigenvalue weighted by Crippen LogP contribution is -2.37. The van der Waals surface area contributed by atoms with Crippen molar-refractivity contribution in [3.05, 3.63) is 35.9 Å². The van der Waals surface area contributed by atoms with Crippen LogP contribution in [-0.2, 0) is 4.74 Å². The molecule has 3 nitrogen and oxygen atoms in total. The Morgan fingerprint density at radius 2 is 2.17 bits per heavy atom. The SMILES string of the molecule is CCOCCCC(NN)C1CC1c1ccccc1. The van der Waals surface area contributed by atoms with Gasteiger partial charge in [-0.15, -0.1) is 0 Å². The summed E-state index contributed by atoms with van der Waals surface area (Å²) in [5.41, 5.74) is 4.44. The lowest BCUT2D eigenvalue weighted by molar-refractivity contribution is 0.140. The molecule has 0 amide bonds. The van der Waals surface area contributed by atoms with Crippen LogP contribution < -0.4 is 11.3 Å². The third-order valence-corrected chi connectivity index (χ3v) is 3.81. The maximum atomic E-state index is 5.68. The molecular weight excluding hydrogens is 224 g/mol. The zero-order valence-corrected chi connectivity index (χ0v) is 11.1. The van der Waals surface area contributed by atoms with Crippen molar-refractivity contribution in [2.75, 3.05) is 13.2 Å². The average Bonchev–Trinajstić information content (AvgIpc) is 3.20. The molecule has 1 aromatic carbocycles. The van der Waals surface area contributed by atoms with Gasteiger partial charge in [-0.25, -0.2) is 0 Å². The number of nitrogens with two attached hydrogens (primary N) is 1. The molecule has 0 radical (unpaired) electrons. The fourth-order valence-electron chi connectivity index (χ4n) is 2.71. The van der Waals surface area contributed by atoms with Crippen LogP contribution in [0, 0.1) is 5.92 Å². The lowest BCUT2D eigenvalue weighted by atomic mass is 10.0. The lowest BCUT2D eigenvalue weighted by Gasteiger charge is -2.15. The molecule has 3 heteroatoms. The smallest absolute Gasteiger partial charge is 0.0466 e. The van der Waals surface area contributed by atoms with Crippen LogP contribution in [0.4, 0.5) is 0 Å². The fourth-order valence-corrected chi connectivity index (χ4v) is 2.71. The van der Waals surface area contributed by atoms with Crippen molar-refractivity contribution in [2.24, 2.45) is 11.8 Å². The summed E-state index contributed by atoms with van der Waals surface area (Å²) in [6.45, 7) is 3.68. The van der Waals surface area contributed by atoms with Gasteiger partial charge in [0.05, 0.1) is 0 Å². The Morgan fingerprint density at radius 1 is 1.39 bits per heavy atom. The highest BCUT2D eigenvalue weighted by Crippen LogP contribution is 2.50. The van der Waals surface area contributed by atoms with Gasteiger partial charge in [-0.1, -0.05) is 30.3 Å². The largest absolute Gasteiger partial charge is 0.382 e. The number of benzene rings is 1. The van der Waals surface area contributed by atoms with Crippen molar-refractivity contribution >= 4 is 0 Å². The van der Waals surface area contributed by atoms with Crippen molar-refractivity contribution in [2.45, 2.75) is 38.1 Å². The van der Waals surface area contributed by atoms with E-state index in [0.717, 1.165) is 26.1 Å². The van der Waals surface area contributed by atoms with Crippen LogP contribution in [0.15, 0.2) is 30.3 Å². The van der Waals surface area contributed by atoms with Crippen LogP contribution in [0.2, 0.25) is 0 Å². The number of nitrogens with one attached hydrogen (secondary N) is 1. The first-order chi connectivity index (χ1) is 8.86. The first-order valence-electron chi connectivity index (χ1n) is 6.95. The van der Waals surface area contributed by atoms with Gasteiger partial charge in [-0.3, -0.25) is 11.3 Å². The maximum Gasteiger partial charge on any atom is 0.0466 e. The van der Waals surface area contributed by atoms with Crippen LogP contribution in [0.1, 0.15) is 37.7 Å². The first kappa shape index (κ1) is 13.5. The van der Waals surface area contributed by atoms with E-state index in [1.165, 1.54) is 12.0 Å². The third kappa shape index (κ3) is 3.55. The van der Waals surface area contributed by atoms with Gasteiger partial charge in [0.1, 0.15) is 0 Å². The van der Waals surface area contributed by atoms with Gasteiger partial charge in [-0.2, -0.15) is 0 Å². The molecule has 0 spiro atoms. The molecule has 100 valence electrons. The van der Waals surface area contributed by atoms with Crippen LogP contribution in [0.5, 0.6) is 0 Å². The van der Waals surface area contributed by atoms with Gasteiger partial charge in [0, 0.05) is 19.3 Å². The van der Waals surface area contributed by atoms with Crippen molar-refractivity contribution in [3.8, 4) is 0 Å². The summed E-state index contributed by atoms with van der Waals surface area (Å²) in [4.78, 5) is 0. The zero-order valence-electron chi connectivity index (χ0n) is 11.1. The van der Waals surface area contributed by atoms with E-state index in [9.17, 15) is 0 Å². The molecule has 0 bridgehead atoms. The van der Waals surface area contributed by atoms with Crippen molar-refractivity contribution < 1.29 is 4.74 Å². The van der Waals surface area contributed by atoms with E-state index in [1.807, 2.05) is 6.92 Å². The Labute approximate surface area is 110 Å². The molecule has 0 heterocycles. The summed E-state index contributed by atoms with van der Waals surface area (Å²) < 4.78 is 5.37. The third-order valence-electron chi connectivity index (χ3n) is 3.81. The molecule has 0 aromatic heterocycles. The highest BCUT2D eigenvalue weighted by molar-refractivity contribution is 5.26. The van der Waals surface area contributed by atoms with E-state index >= 15 is 0 Å². The summed E-state index contributed by atoms with van der Waals surface area (Å²) >= 11 is 0. The highest BCUT2D eigenvalue weighted by atomic mass is 16.5. The zero-order chi connectivity index (χ0) is 12.8. The standard InChI is InChI=1S/C15H24N2O/c1-2-18-10-6-9-15(17-16)14-11-13(14)12-7-4-3-5-8-12/h3-5,7-8,13-15,17H,2,6,9-11,16H2,1H3. The molecule has 18 heavy (non-hydrogen) atoms. The van der Waals surface area contributed by atoms with E-state index < -0.39 is 0 Å². The Morgan fingerprint density at radius 3 is 2.83 bits per heavy atom. The number of hydrogen-bond donors (Lipinski definition) is 2. The minimum Gasteiger partial charge on any atom is -0.382 e. The number of ether oxygens (including phenoxy) is 1. The molecule has 2 rings (SSSR count). The second-order valence-corrected chi connectivity index (χ2v) is 5.03. The van der Waals surface area contributed by atoms with Gasteiger partial charge < -0.3 is 4.74 Å². The van der Waals surface area contributed by atoms with Crippen LogP contribution in [0.3, 0.4) is 0 Å². The summed E-state index contributed by atoms with van der Waals surface area (Å²) in [6, 6.07) is 11.2. The summed E-state index contributed by atoms with van der Waals surface area (Å²) in [5.74, 6) is 7.07. The predicted octanol–water partition coefficient (Wildman–Crippen LogP) is 2.44. The molecule has 1 aliphatic carbocycles. The number of hydrogen-bond acceptors (Lipinski definition) is 3. The van der Waals surface area contributed by atoms with E-state index in [-0.39, 0.29) is 0 Å². The monoisotopic (exact) mass is 248 g/mol. The van der Waals surface area contributed by atoms with E-state index in [4.69, 9.17) is 10.6 Å². The number of hydrazine groups is 1. The van der Waals surface area contributed by atoms with Gasteiger partial charge in [0.2, 0.25) is 0 Å². The quantitative estimate of drug-likeness (QED) is 0.422. The van der Waals surface area contributed by atoms with Crippen LogP contribution >= 0.6 is 0 Å². The van der Waals surface area contributed by atoms with E-state index in [1.54, 1.807) is 0 Å². The first-order valence-corrected chi connectivity index (χ1v) is 6.95. The molecule has 1 fully saturated rings. The Hall–Kier alpha value is -0.900. The normalized spacial score (nSPS) is 23.9. The topological polar surface area (TPSA) is 47.3 Å². The maximum absolute atomic E-state index is 5.68. The molecule has 1 saturated carbocycles. The molecule has 3 N–H and O–H groups in total. The summed E-state index contributed by atoms with van der Waals surface area (Å²) in [6.07, 6.45) is 3.44. The van der Waals surface area contributed by atoms with E-state index in [0.29, 0.717) is 17.9 Å². The summed E-state index contributed by atoms with van der Waals surface area (Å²) in [5, 5.41) is 0. The minimum absolute atomic E-state index is 0.427. The van der Waals surface area contributed by atoms with Crippen molar-refractivity contribution in [1.29, 1.82) is 0 Å². The highest BCUT2D eigenvalue weighted by Gasteiger charge is 2.42. The van der Waals surface area contributed by atoms with Gasteiger partial charge in [0.15, 0.2) is 0 Å². The number of rotatable bonds is 8. The van der Waals surface area contributed by atoms with Crippen LogP contribution in [0.25, 0.3) is 0 Å². The van der Waals surface area contributed by atoms with Gasteiger partial charge in [-0.05, 0) is 43.6 Å². The van der Waals surface area contributed by atoms with E-state index in [2.05, 4.69) is 35.8 Å². The second-order valence-electron chi connectivity index (χ2n) is 5.03. The molecule has 0 saturated heterocycles. The molecule has 1 aliphatic rings.